The summed E-state index contributed by atoms with van der Waals surface area (Å²) in [5, 5.41) is 0. The van der Waals surface area contributed by atoms with Gasteiger partial charge in [-0.2, -0.15) is 0 Å². The number of likely N-dealkylation sites (tertiary alicyclic amines) is 2. The van der Waals surface area contributed by atoms with Gasteiger partial charge in [0.25, 0.3) is 0 Å². The minimum atomic E-state index is -0.583. The Bertz CT molecular complexity index is 472. The maximum absolute atomic E-state index is 12.2. The van der Waals surface area contributed by atoms with E-state index < -0.39 is 17.7 Å². The Morgan fingerprint density at radius 1 is 1.18 bits per heavy atom. The lowest BCUT2D eigenvalue weighted by Crippen LogP contribution is -2.40. The van der Waals surface area contributed by atoms with Crippen molar-refractivity contribution in [2.24, 2.45) is 0 Å². The lowest BCUT2D eigenvalue weighted by atomic mass is 10.2. The predicted molar refractivity (Wildman–Crippen MR) is 81.3 cm³/mol. The highest BCUT2D eigenvalue weighted by molar-refractivity contribution is 5.71. The molecule has 2 saturated heterocycles. The zero-order valence-corrected chi connectivity index (χ0v) is 13.5. The fourth-order valence-electron chi connectivity index (χ4n) is 2.68. The summed E-state index contributed by atoms with van der Waals surface area (Å²) in [6, 6.07) is -0.397. The highest BCUT2D eigenvalue weighted by Crippen LogP contribution is 2.24. The molecule has 0 N–H and O–H groups in total. The van der Waals surface area contributed by atoms with E-state index in [1.54, 1.807) is 25.7 Å². The molecule has 6 nitrogen and oxygen atoms in total. The third-order valence-electron chi connectivity index (χ3n) is 3.71. The summed E-state index contributed by atoms with van der Waals surface area (Å²) in [4.78, 5) is 27.4. The van der Waals surface area contributed by atoms with E-state index in [1.165, 1.54) is 4.90 Å². The summed E-state index contributed by atoms with van der Waals surface area (Å²) < 4.78 is 10.8. The molecule has 22 heavy (non-hydrogen) atoms. The van der Waals surface area contributed by atoms with Crippen LogP contribution in [0.1, 0.15) is 40.0 Å². The molecule has 0 spiro atoms. The fraction of sp³-hybridized carbons (Fsp3) is 0.750. The first-order valence-electron chi connectivity index (χ1n) is 7.71. The first-order chi connectivity index (χ1) is 10.3. The van der Waals surface area contributed by atoms with Gasteiger partial charge in [0, 0.05) is 19.5 Å². The third-order valence-corrected chi connectivity index (χ3v) is 3.71. The van der Waals surface area contributed by atoms with Gasteiger partial charge in [-0.05, 0) is 33.6 Å². The fourth-order valence-corrected chi connectivity index (χ4v) is 2.68. The zero-order valence-electron chi connectivity index (χ0n) is 13.5. The standard InChI is InChI=1S/C16H24N2O4/c1-5-12-10-13(21-14(19)17-8-6-7-9-17)11-18(12)15(20)22-16(2,3)4/h1,12-13H,6-11H2,2-4H3/t12-,13+/m0/s1. The SMILES string of the molecule is C#C[C@H]1C[C@@H](OC(=O)N2CCCC2)CN1C(=O)OC(C)(C)C. The predicted octanol–water partition coefficient (Wildman–Crippen LogP) is 2.23. The number of nitrogens with zero attached hydrogens (tertiary/aromatic N) is 2. The average molecular weight is 308 g/mol. The molecule has 2 aliphatic heterocycles. The van der Waals surface area contributed by atoms with Gasteiger partial charge >= 0.3 is 12.2 Å². The van der Waals surface area contributed by atoms with Gasteiger partial charge in [0.05, 0.1) is 12.6 Å². The second kappa shape index (κ2) is 6.47. The first-order valence-corrected chi connectivity index (χ1v) is 7.71. The molecule has 0 bridgehead atoms. The lowest BCUT2D eigenvalue weighted by Gasteiger charge is -2.26. The number of amides is 2. The maximum Gasteiger partial charge on any atom is 0.411 e. The summed E-state index contributed by atoms with van der Waals surface area (Å²) in [5.41, 5.74) is -0.583. The van der Waals surface area contributed by atoms with Crippen LogP contribution in [0.5, 0.6) is 0 Å². The number of terminal acetylenes is 1. The molecule has 2 aliphatic rings. The van der Waals surface area contributed by atoms with Crippen LogP contribution in [0.3, 0.4) is 0 Å². The number of hydrogen-bond donors (Lipinski definition) is 0. The highest BCUT2D eigenvalue weighted by Gasteiger charge is 2.39. The molecule has 2 atom stereocenters. The van der Waals surface area contributed by atoms with Gasteiger partial charge in [-0.1, -0.05) is 5.92 Å². The number of carbonyl (C=O) groups is 2. The molecule has 122 valence electrons. The van der Waals surface area contributed by atoms with Crippen LogP contribution < -0.4 is 0 Å². The second-order valence-corrected chi connectivity index (χ2v) is 6.75. The normalized spacial score (nSPS) is 25.0. The lowest BCUT2D eigenvalue weighted by molar-refractivity contribution is 0.0219. The van der Waals surface area contributed by atoms with Gasteiger partial charge in [-0.25, -0.2) is 9.59 Å². The minimum Gasteiger partial charge on any atom is -0.444 e. The molecule has 0 aromatic rings. The molecule has 2 heterocycles. The van der Waals surface area contributed by atoms with Crippen molar-refractivity contribution in [3.05, 3.63) is 0 Å². The molecule has 0 unspecified atom stereocenters. The van der Waals surface area contributed by atoms with Crippen LogP contribution in [0, 0.1) is 12.3 Å². The summed E-state index contributed by atoms with van der Waals surface area (Å²) in [6.07, 6.45) is 6.81. The minimum absolute atomic E-state index is 0.281. The Balaban J connectivity index is 1.92. The van der Waals surface area contributed by atoms with Crippen molar-refractivity contribution < 1.29 is 19.1 Å². The van der Waals surface area contributed by atoms with Gasteiger partial charge < -0.3 is 14.4 Å². The Morgan fingerprint density at radius 2 is 1.82 bits per heavy atom. The van der Waals surface area contributed by atoms with Crippen molar-refractivity contribution in [3.63, 3.8) is 0 Å². The summed E-state index contributed by atoms with van der Waals surface area (Å²) in [7, 11) is 0. The van der Waals surface area contributed by atoms with Crippen LogP contribution in [-0.2, 0) is 9.47 Å². The van der Waals surface area contributed by atoms with E-state index in [4.69, 9.17) is 15.9 Å². The monoisotopic (exact) mass is 308 g/mol. The molecule has 2 amide bonds. The summed E-state index contributed by atoms with van der Waals surface area (Å²) >= 11 is 0. The smallest absolute Gasteiger partial charge is 0.411 e. The number of carbonyl (C=O) groups excluding carboxylic acids is 2. The maximum atomic E-state index is 12.2. The van der Waals surface area contributed by atoms with Crippen molar-refractivity contribution in [3.8, 4) is 12.3 Å². The highest BCUT2D eigenvalue weighted by atomic mass is 16.6. The molecule has 2 rings (SSSR count). The Hall–Kier alpha value is -1.90. The third kappa shape index (κ3) is 4.06. The average Bonchev–Trinajstić information content (AvgIpc) is 3.05. The molecule has 6 heteroatoms. The van der Waals surface area contributed by atoms with E-state index in [2.05, 4.69) is 5.92 Å². The Labute approximate surface area is 131 Å². The molecule has 0 aliphatic carbocycles. The second-order valence-electron chi connectivity index (χ2n) is 6.75. The summed E-state index contributed by atoms with van der Waals surface area (Å²) in [6.45, 7) is 7.16. The van der Waals surface area contributed by atoms with Crippen LogP contribution in [0.25, 0.3) is 0 Å². The van der Waals surface area contributed by atoms with Crippen LogP contribution >= 0.6 is 0 Å². The van der Waals surface area contributed by atoms with Gasteiger partial charge in [0.2, 0.25) is 0 Å². The van der Waals surface area contributed by atoms with Crippen molar-refractivity contribution in [2.75, 3.05) is 19.6 Å². The quantitative estimate of drug-likeness (QED) is 0.697. The van der Waals surface area contributed by atoms with E-state index in [9.17, 15) is 9.59 Å². The van der Waals surface area contributed by atoms with Crippen LogP contribution in [0.15, 0.2) is 0 Å². The molecule has 0 aromatic heterocycles. The van der Waals surface area contributed by atoms with Crippen LogP contribution in [-0.4, -0.2) is 59.4 Å². The Morgan fingerprint density at radius 3 is 2.36 bits per heavy atom. The van der Waals surface area contributed by atoms with Crippen molar-refractivity contribution in [1.82, 2.24) is 9.80 Å². The van der Waals surface area contributed by atoms with Gasteiger partial charge in [0.15, 0.2) is 0 Å². The topological polar surface area (TPSA) is 59.1 Å². The summed E-state index contributed by atoms with van der Waals surface area (Å²) in [5.74, 6) is 2.57. The number of hydrogen-bond acceptors (Lipinski definition) is 4. The number of rotatable bonds is 1. The molecule has 0 aromatic carbocycles. The van der Waals surface area contributed by atoms with Crippen molar-refractivity contribution in [1.29, 1.82) is 0 Å². The molecular weight excluding hydrogens is 284 g/mol. The van der Waals surface area contributed by atoms with E-state index in [1.807, 2.05) is 0 Å². The largest absolute Gasteiger partial charge is 0.444 e. The molecular formula is C16H24N2O4. The van der Waals surface area contributed by atoms with Crippen molar-refractivity contribution >= 4 is 12.2 Å². The van der Waals surface area contributed by atoms with Crippen LogP contribution in [0.2, 0.25) is 0 Å². The van der Waals surface area contributed by atoms with Gasteiger partial charge in [-0.15, -0.1) is 6.42 Å². The molecule has 0 saturated carbocycles. The molecule has 2 fully saturated rings. The van der Waals surface area contributed by atoms with Gasteiger partial charge in [0.1, 0.15) is 11.7 Å². The van der Waals surface area contributed by atoms with Gasteiger partial charge in [-0.3, -0.25) is 4.90 Å². The molecule has 0 radical (unpaired) electrons. The van der Waals surface area contributed by atoms with E-state index in [0.29, 0.717) is 6.42 Å². The number of ether oxygens (including phenoxy) is 2. The Kier molecular flexibility index (Phi) is 4.84. The van der Waals surface area contributed by atoms with E-state index >= 15 is 0 Å². The first kappa shape index (κ1) is 16.5. The van der Waals surface area contributed by atoms with Crippen LogP contribution in [0.4, 0.5) is 9.59 Å². The van der Waals surface area contributed by atoms with E-state index in [0.717, 1.165) is 25.9 Å². The van der Waals surface area contributed by atoms with Crippen molar-refractivity contribution in [2.45, 2.75) is 57.8 Å². The van der Waals surface area contributed by atoms with E-state index in [-0.39, 0.29) is 18.7 Å². The zero-order chi connectivity index (χ0) is 16.3.